The van der Waals surface area contributed by atoms with Gasteiger partial charge in [0.15, 0.2) is 0 Å². The number of sulfonamides is 1. The second kappa shape index (κ2) is 6.72. The minimum atomic E-state index is -3.58. The topological polar surface area (TPSA) is 84.3 Å². The van der Waals surface area contributed by atoms with E-state index in [0.717, 1.165) is 0 Å². The SMILES string of the molecule is CCN(C)S(=O)(=O)c1c(C)nn(CC(=O)NC(C2CC2)C2CC2)c1C. The molecule has 140 valence electrons. The third-order valence-corrected chi connectivity index (χ3v) is 7.50. The van der Waals surface area contributed by atoms with Crippen molar-refractivity contribution in [2.45, 2.75) is 63.9 Å². The summed E-state index contributed by atoms with van der Waals surface area (Å²) >= 11 is 0. The molecule has 0 spiro atoms. The van der Waals surface area contributed by atoms with Crippen molar-refractivity contribution in [3.05, 3.63) is 11.4 Å². The number of carbonyl (C=O) groups excluding carboxylic acids is 1. The normalized spacial score (nSPS) is 18.2. The molecule has 3 rings (SSSR count). The van der Waals surface area contributed by atoms with Crippen LogP contribution in [0.15, 0.2) is 4.90 Å². The standard InChI is InChI=1S/C17H28N4O3S/c1-5-20(4)25(23,24)17-11(2)19-21(12(17)3)10-15(22)18-16(13-6-7-13)14-8-9-14/h13-14,16H,5-10H2,1-4H3,(H,18,22). The number of rotatable bonds is 8. The number of hydrogen-bond donors (Lipinski definition) is 1. The Morgan fingerprint density at radius 2 is 1.84 bits per heavy atom. The second-order valence-electron chi connectivity index (χ2n) is 7.34. The molecule has 8 heteroatoms. The van der Waals surface area contributed by atoms with Crippen molar-refractivity contribution in [3.63, 3.8) is 0 Å². The number of amides is 1. The highest BCUT2D eigenvalue weighted by molar-refractivity contribution is 7.89. The van der Waals surface area contributed by atoms with Crippen LogP contribution in [0.2, 0.25) is 0 Å². The smallest absolute Gasteiger partial charge is 0.246 e. The molecule has 0 aromatic carbocycles. The van der Waals surface area contributed by atoms with Crippen LogP contribution in [0.1, 0.15) is 44.0 Å². The van der Waals surface area contributed by atoms with Crippen molar-refractivity contribution in [1.82, 2.24) is 19.4 Å². The van der Waals surface area contributed by atoms with Gasteiger partial charge in [-0.3, -0.25) is 9.48 Å². The third kappa shape index (κ3) is 3.74. The first kappa shape index (κ1) is 18.4. The fraction of sp³-hybridized carbons (Fsp3) is 0.765. The zero-order valence-corrected chi connectivity index (χ0v) is 16.3. The number of aromatic nitrogens is 2. The van der Waals surface area contributed by atoms with Crippen molar-refractivity contribution in [2.75, 3.05) is 13.6 Å². The van der Waals surface area contributed by atoms with E-state index in [1.165, 1.54) is 34.7 Å². The molecule has 2 aliphatic rings. The van der Waals surface area contributed by atoms with Gasteiger partial charge in [0.1, 0.15) is 11.4 Å². The monoisotopic (exact) mass is 368 g/mol. The molecule has 1 amide bonds. The average molecular weight is 369 g/mol. The maximum Gasteiger partial charge on any atom is 0.246 e. The molecule has 2 saturated carbocycles. The van der Waals surface area contributed by atoms with Crippen LogP contribution in [0.3, 0.4) is 0 Å². The van der Waals surface area contributed by atoms with Gasteiger partial charge in [0.25, 0.3) is 0 Å². The number of carbonyl (C=O) groups is 1. The Balaban J connectivity index is 1.75. The van der Waals surface area contributed by atoms with E-state index in [-0.39, 0.29) is 17.3 Å². The van der Waals surface area contributed by atoms with Crippen molar-refractivity contribution in [3.8, 4) is 0 Å². The van der Waals surface area contributed by atoms with Gasteiger partial charge in [0, 0.05) is 19.6 Å². The lowest BCUT2D eigenvalue weighted by Crippen LogP contribution is -2.40. The Hall–Kier alpha value is -1.41. The molecule has 1 heterocycles. The molecule has 7 nitrogen and oxygen atoms in total. The van der Waals surface area contributed by atoms with Gasteiger partial charge in [-0.25, -0.2) is 12.7 Å². The predicted octanol–water partition coefficient (Wildman–Crippen LogP) is 1.45. The summed E-state index contributed by atoms with van der Waals surface area (Å²) in [5.74, 6) is 1.18. The summed E-state index contributed by atoms with van der Waals surface area (Å²) in [6, 6.07) is 0.291. The summed E-state index contributed by atoms with van der Waals surface area (Å²) in [6.07, 6.45) is 4.81. The highest BCUT2D eigenvalue weighted by atomic mass is 32.2. The summed E-state index contributed by atoms with van der Waals surface area (Å²) in [5, 5.41) is 7.47. The van der Waals surface area contributed by atoms with Gasteiger partial charge < -0.3 is 5.32 Å². The first-order valence-corrected chi connectivity index (χ1v) is 10.5. The van der Waals surface area contributed by atoms with E-state index in [2.05, 4.69) is 10.4 Å². The van der Waals surface area contributed by atoms with Crippen LogP contribution in [0.5, 0.6) is 0 Å². The van der Waals surface area contributed by atoms with Gasteiger partial charge in [-0.05, 0) is 51.4 Å². The van der Waals surface area contributed by atoms with Gasteiger partial charge in [-0.1, -0.05) is 6.92 Å². The van der Waals surface area contributed by atoms with E-state index in [4.69, 9.17) is 0 Å². The first-order chi connectivity index (χ1) is 11.8. The van der Waals surface area contributed by atoms with Crippen LogP contribution in [-0.4, -0.2) is 48.0 Å². The lowest BCUT2D eigenvalue weighted by atomic mass is 10.1. The van der Waals surface area contributed by atoms with E-state index in [9.17, 15) is 13.2 Å². The van der Waals surface area contributed by atoms with Crippen molar-refractivity contribution < 1.29 is 13.2 Å². The van der Waals surface area contributed by atoms with Gasteiger partial charge in [0.2, 0.25) is 15.9 Å². The minimum absolute atomic E-state index is 0.0635. The van der Waals surface area contributed by atoms with Crippen molar-refractivity contribution >= 4 is 15.9 Å². The summed E-state index contributed by atoms with van der Waals surface area (Å²) in [7, 11) is -2.03. The highest BCUT2D eigenvalue weighted by Gasteiger charge is 2.42. The van der Waals surface area contributed by atoms with Crippen LogP contribution in [0.25, 0.3) is 0 Å². The maximum atomic E-state index is 12.6. The lowest BCUT2D eigenvalue weighted by molar-refractivity contribution is -0.122. The summed E-state index contributed by atoms with van der Waals surface area (Å²) in [4.78, 5) is 12.7. The molecule has 1 N–H and O–H groups in total. The molecule has 1 aromatic rings. The quantitative estimate of drug-likeness (QED) is 0.753. The highest BCUT2D eigenvalue weighted by Crippen LogP contribution is 2.44. The van der Waals surface area contributed by atoms with E-state index in [0.29, 0.717) is 35.8 Å². The van der Waals surface area contributed by atoms with Crippen LogP contribution in [-0.2, 0) is 21.4 Å². The maximum absolute atomic E-state index is 12.6. The number of aryl methyl sites for hydroxylation is 1. The Morgan fingerprint density at radius 1 is 1.28 bits per heavy atom. The Bertz CT molecular complexity index is 751. The molecule has 2 fully saturated rings. The zero-order chi connectivity index (χ0) is 18.4. The minimum Gasteiger partial charge on any atom is -0.351 e. The van der Waals surface area contributed by atoms with E-state index >= 15 is 0 Å². The van der Waals surface area contributed by atoms with Crippen LogP contribution in [0, 0.1) is 25.7 Å². The van der Waals surface area contributed by atoms with E-state index in [1.54, 1.807) is 27.8 Å². The average Bonchev–Trinajstić information content (AvgIpc) is 3.44. The molecule has 25 heavy (non-hydrogen) atoms. The number of hydrogen-bond acceptors (Lipinski definition) is 4. The summed E-state index contributed by atoms with van der Waals surface area (Å²) < 4.78 is 28.1. The Morgan fingerprint density at radius 3 is 2.32 bits per heavy atom. The van der Waals surface area contributed by atoms with Crippen molar-refractivity contribution in [1.29, 1.82) is 0 Å². The number of nitrogens with one attached hydrogen (secondary N) is 1. The molecule has 0 aliphatic heterocycles. The molecule has 0 bridgehead atoms. The van der Waals surface area contributed by atoms with Gasteiger partial charge in [0.05, 0.1) is 11.4 Å². The fourth-order valence-electron chi connectivity index (χ4n) is 3.43. The van der Waals surface area contributed by atoms with Crippen molar-refractivity contribution in [2.24, 2.45) is 11.8 Å². The van der Waals surface area contributed by atoms with Gasteiger partial charge in [-0.2, -0.15) is 5.10 Å². The molecule has 0 atom stereocenters. The first-order valence-electron chi connectivity index (χ1n) is 9.05. The van der Waals surface area contributed by atoms with Gasteiger partial charge in [-0.15, -0.1) is 0 Å². The molecular formula is C17H28N4O3S. The Labute approximate surface area is 149 Å². The fourth-order valence-corrected chi connectivity index (χ4v) is 4.98. The molecule has 0 radical (unpaired) electrons. The van der Waals surface area contributed by atoms with Crippen LogP contribution in [0.4, 0.5) is 0 Å². The van der Waals surface area contributed by atoms with Gasteiger partial charge >= 0.3 is 0 Å². The van der Waals surface area contributed by atoms with Crippen LogP contribution >= 0.6 is 0 Å². The molecule has 2 aliphatic carbocycles. The Kier molecular flexibility index (Phi) is 4.94. The molecular weight excluding hydrogens is 340 g/mol. The van der Waals surface area contributed by atoms with E-state index in [1.807, 2.05) is 0 Å². The molecule has 0 saturated heterocycles. The van der Waals surface area contributed by atoms with E-state index < -0.39 is 10.0 Å². The molecule has 1 aromatic heterocycles. The lowest BCUT2D eigenvalue weighted by Gasteiger charge is -2.18. The summed E-state index contributed by atoms with van der Waals surface area (Å²) in [5.41, 5.74) is 0.953. The number of nitrogens with zero attached hydrogens (tertiary/aromatic N) is 3. The van der Waals surface area contributed by atoms with Crippen LogP contribution < -0.4 is 5.32 Å². The summed E-state index contributed by atoms with van der Waals surface area (Å²) in [6.45, 7) is 5.62. The second-order valence-corrected chi connectivity index (χ2v) is 9.33. The molecule has 0 unspecified atom stereocenters. The third-order valence-electron chi connectivity index (χ3n) is 5.31. The zero-order valence-electron chi connectivity index (χ0n) is 15.4. The largest absolute Gasteiger partial charge is 0.351 e. The predicted molar refractivity (Wildman–Crippen MR) is 94.6 cm³/mol.